The van der Waals surface area contributed by atoms with Gasteiger partial charge in [0.05, 0.1) is 11.6 Å². The Morgan fingerprint density at radius 1 is 1.38 bits per heavy atom. The van der Waals surface area contributed by atoms with Crippen molar-refractivity contribution in [2.75, 3.05) is 6.61 Å². The molecular weight excluding hydrogens is 245 g/mol. The molecule has 0 aliphatic carbocycles. The Bertz CT molecular complexity index is 393. The van der Waals surface area contributed by atoms with Crippen LogP contribution in [0.25, 0.3) is 0 Å². The Morgan fingerprint density at radius 3 is 2.81 bits per heavy atom. The third-order valence-electron chi connectivity index (χ3n) is 2.64. The molecule has 0 fully saturated rings. The minimum Gasteiger partial charge on any atom is -0.492 e. The lowest BCUT2D eigenvalue weighted by molar-refractivity contribution is 0.247. The number of ether oxygens (including phenoxy) is 1. The summed E-state index contributed by atoms with van der Waals surface area (Å²) < 4.78 is 5.59. The van der Waals surface area contributed by atoms with Crippen molar-refractivity contribution in [1.29, 1.82) is 0 Å². The topological polar surface area (TPSA) is 21.3 Å². The van der Waals surface area contributed by atoms with E-state index in [-0.39, 0.29) is 0 Å². The number of nitrogens with one attached hydrogen (secondary N) is 1. The van der Waals surface area contributed by atoms with Crippen molar-refractivity contribution in [3.8, 4) is 5.75 Å². The minimum atomic E-state index is 0.304. The van der Waals surface area contributed by atoms with Gasteiger partial charge in [0.2, 0.25) is 0 Å². The standard InChI is InChI=1S/C12H15Cl2NO/c1-7(2)15-10-5-6-16-12-8(10)3-4-9(13)11(12)14/h3-4,7,10,15H,5-6H2,1-2H3. The lowest BCUT2D eigenvalue weighted by atomic mass is 10.00. The molecule has 1 aromatic rings. The molecule has 0 radical (unpaired) electrons. The first-order valence-corrected chi connectivity index (χ1v) is 6.22. The first-order valence-electron chi connectivity index (χ1n) is 5.46. The zero-order chi connectivity index (χ0) is 11.7. The Morgan fingerprint density at radius 2 is 2.12 bits per heavy atom. The Kier molecular flexibility index (Phi) is 3.63. The third kappa shape index (κ3) is 2.29. The van der Waals surface area contributed by atoms with Crippen molar-refractivity contribution in [3.05, 3.63) is 27.7 Å². The second kappa shape index (κ2) is 4.82. The Hall–Kier alpha value is -0.440. The highest BCUT2D eigenvalue weighted by molar-refractivity contribution is 6.43. The fourth-order valence-electron chi connectivity index (χ4n) is 1.98. The number of hydrogen-bond acceptors (Lipinski definition) is 2. The summed E-state index contributed by atoms with van der Waals surface area (Å²) in [4.78, 5) is 0. The van der Waals surface area contributed by atoms with E-state index in [1.807, 2.05) is 12.1 Å². The summed E-state index contributed by atoms with van der Waals surface area (Å²) in [6, 6.07) is 4.55. The van der Waals surface area contributed by atoms with Crippen LogP contribution >= 0.6 is 23.2 Å². The molecule has 1 heterocycles. The highest BCUT2D eigenvalue weighted by Gasteiger charge is 2.24. The van der Waals surface area contributed by atoms with E-state index in [9.17, 15) is 0 Å². The number of halogens is 2. The van der Waals surface area contributed by atoms with Crippen molar-refractivity contribution in [2.24, 2.45) is 0 Å². The van der Waals surface area contributed by atoms with Gasteiger partial charge in [-0.3, -0.25) is 0 Å². The van der Waals surface area contributed by atoms with Gasteiger partial charge in [0, 0.05) is 24.1 Å². The quantitative estimate of drug-likeness (QED) is 0.872. The maximum atomic E-state index is 6.13. The lowest BCUT2D eigenvalue weighted by Crippen LogP contribution is -2.32. The molecule has 1 unspecified atom stereocenters. The SMILES string of the molecule is CC(C)NC1CCOc2c1ccc(Cl)c2Cl. The Balaban J connectivity index is 2.36. The summed E-state index contributed by atoms with van der Waals surface area (Å²) in [7, 11) is 0. The molecule has 2 rings (SSSR count). The summed E-state index contributed by atoms with van der Waals surface area (Å²) in [6.07, 6.45) is 0.961. The van der Waals surface area contributed by atoms with E-state index in [0.717, 1.165) is 17.7 Å². The maximum absolute atomic E-state index is 6.13. The predicted molar refractivity (Wildman–Crippen MR) is 67.6 cm³/mol. The molecule has 0 aromatic heterocycles. The first-order chi connectivity index (χ1) is 7.59. The van der Waals surface area contributed by atoms with E-state index in [4.69, 9.17) is 27.9 Å². The van der Waals surface area contributed by atoms with Crippen LogP contribution in [0.3, 0.4) is 0 Å². The number of hydrogen-bond donors (Lipinski definition) is 1. The van der Waals surface area contributed by atoms with Crippen molar-refractivity contribution in [2.45, 2.75) is 32.4 Å². The van der Waals surface area contributed by atoms with Gasteiger partial charge in [0.1, 0.15) is 10.8 Å². The van der Waals surface area contributed by atoms with Crippen LogP contribution in [0.5, 0.6) is 5.75 Å². The fraction of sp³-hybridized carbons (Fsp3) is 0.500. The summed E-state index contributed by atoms with van der Waals surface area (Å²) in [5, 5.41) is 4.57. The normalized spacial score (nSPS) is 19.4. The molecule has 1 aliphatic heterocycles. The van der Waals surface area contributed by atoms with Crippen molar-refractivity contribution >= 4 is 23.2 Å². The molecule has 2 nitrogen and oxygen atoms in total. The third-order valence-corrected chi connectivity index (χ3v) is 3.43. The number of benzene rings is 1. The van der Waals surface area contributed by atoms with Crippen molar-refractivity contribution in [1.82, 2.24) is 5.32 Å². The molecule has 0 bridgehead atoms. The molecule has 4 heteroatoms. The van der Waals surface area contributed by atoms with E-state index in [1.54, 1.807) is 0 Å². The zero-order valence-corrected chi connectivity index (χ0v) is 10.9. The van der Waals surface area contributed by atoms with Gasteiger partial charge in [0.15, 0.2) is 0 Å². The second-order valence-electron chi connectivity index (χ2n) is 4.29. The summed E-state index contributed by atoms with van der Waals surface area (Å²) in [5.74, 6) is 0.735. The van der Waals surface area contributed by atoms with Crippen LogP contribution in [0.15, 0.2) is 12.1 Å². The molecule has 0 spiro atoms. The van der Waals surface area contributed by atoms with Crippen LogP contribution < -0.4 is 10.1 Å². The van der Waals surface area contributed by atoms with E-state index >= 15 is 0 Å². The van der Waals surface area contributed by atoms with E-state index in [2.05, 4.69) is 19.2 Å². The van der Waals surface area contributed by atoms with Crippen LogP contribution in [0.4, 0.5) is 0 Å². The smallest absolute Gasteiger partial charge is 0.144 e. The first kappa shape index (κ1) is 12.0. The van der Waals surface area contributed by atoms with Gasteiger partial charge in [-0.1, -0.05) is 43.1 Å². The highest BCUT2D eigenvalue weighted by atomic mass is 35.5. The largest absolute Gasteiger partial charge is 0.492 e. The Labute approximate surface area is 106 Å². The van der Waals surface area contributed by atoms with Gasteiger partial charge in [-0.15, -0.1) is 0 Å². The molecule has 0 saturated heterocycles. The fourth-order valence-corrected chi connectivity index (χ4v) is 2.35. The molecule has 0 saturated carbocycles. The minimum absolute atomic E-state index is 0.304. The second-order valence-corrected chi connectivity index (χ2v) is 5.08. The van der Waals surface area contributed by atoms with Gasteiger partial charge < -0.3 is 10.1 Å². The summed E-state index contributed by atoms with van der Waals surface area (Å²) in [6.45, 7) is 4.94. The number of rotatable bonds is 2. The molecule has 88 valence electrons. The average molecular weight is 260 g/mol. The molecule has 1 aliphatic rings. The van der Waals surface area contributed by atoms with Crippen molar-refractivity contribution < 1.29 is 4.74 Å². The van der Waals surface area contributed by atoms with E-state index in [1.165, 1.54) is 0 Å². The van der Waals surface area contributed by atoms with Crippen LogP contribution in [0.2, 0.25) is 10.0 Å². The van der Waals surface area contributed by atoms with Crippen molar-refractivity contribution in [3.63, 3.8) is 0 Å². The van der Waals surface area contributed by atoms with Gasteiger partial charge in [-0.05, 0) is 6.07 Å². The van der Waals surface area contributed by atoms with Gasteiger partial charge in [-0.2, -0.15) is 0 Å². The maximum Gasteiger partial charge on any atom is 0.144 e. The van der Waals surface area contributed by atoms with Crippen LogP contribution in [-0.2, 0) is 0 Å². The molecule has 16 heavy (non-hydrogen) atoms. The highest BCUT2D eigenvalue weighted by Crippen LogP contribution is 2.41. The van der Waals surface area contributed by atoms with Gasteiger partial charge in [-0.25, -0.2) is 0 Å². The number of fused-ring (bicyclic) bond motifs is 1. The predicted octanol–water partition coefficient (Wildman–Crippen LogP) is 3.82. The summed E-state index contributed by atoms with van der Waals surface area (Å²) >= 11 is 12.1. The molecule has 1 aromatic carbocycles. The molecular formula is C12H15Cl2NO. The zero-order valence-electron chi connectivity index (χ0n) is 9.39. The van der Waals surface area contributed by atoms with Gasteiger partial charge >= 0.3 is 0 Å². The molecule has 1 atom stereocenters. The lowest BCUT2D eigenvalue weighted by Gasteiger charge is -2.29. The average Bonchev–Trinajstić information content (AvgIpc) is 2.23. The van der Waals surface area contributed by atoms with Crippen LogP contribution in [0.1, 0.15) is 31.9 Å². The summed E-state index contributed by atoms with van der Waals surface area (Å²) in [5.41, 5.74) is 1.11. The molecule has 0 amide bonds. The van der Waals surface area contributed by atoms with Crippen LogP contribution in [0, 0.1) is 0 Å². The van der Waals surface area contributed by atoms with E-state index in [0.29, 0.717) is 28.7 Å². The molecule has 1 N–H and O–H groups in total. The van der Waals surface area contributed by atoms with E-state index < -0.39 is 0 Å². The van der Waals surface area contributed by atoms with Gasteiger partial charge in [0.25, 0.3) is 0 Å². The van der Waals surface area contributed by atoms with Crippen LogP contribution in [-0.4, -0.2) is 12.6 Å². The monoisotopic (exact) mass is 259 g/mol.